The molecule has 1 N–H and O–H groups in total. The van der Waals surface area contributed by atoms with Gasteiger partial charge in [-0.3, -0.25) is 14.9 Å². The lowest BCUT2D eigenvalue weighted by atomic mass is 9.90. The molecule has 0 aliphatic heterocycles. The second-order valence-electron chi connectivity index (χ2n) is 8.95. The molecule has 4 aromatic rings. The van der Waals surface area contributed by atoms with Crippen molar-refractivity contribution in [3.63, 3.8) is 0 Å². The maximum atomic E-state index is 13.2. The highest BCUT2D eigenvalue weighted by Crippen LogP contribution is 2.33. The number of aromatic hydroxyl groups is 1. The van der Waals surface area contributed by atoms with Gasteiger partial charge in [-0.25, -0.2) is 4.98 Å². The molecular formula is C27H26N2O5S. The minimum atomic E-state index is -0.439. The average Bonchev–Trinajstić information content (AvgIpc) is 3.23. The number of Topliss-reactive ketones (excluding diaryl/α,β-unsaturated/α-hetero) is 1. The van der Waals surface area contributed by atoms with Crippen LogP contribution < -0.4 is 0 Å². The summed E-state index contributed by atoms with van der Waals surface area (Å²) < 4.78 is 5.73. The summed E-state index contributed by atoms with van der Waals surface area (Å²) in [5, 5.41) is 21.7. The molecule has 0 saturated heterocycles. The molecule has 1 unspecified atom stereocenters. The standard InChI is InChI=1S/C27H26N2O5S/c1-16(2)12-18-4-8-20(9-5-18)17(3)26(31)22-13-23-25(14-24(22)30)34-27(28-23)35-15-19-6-10-21(11-7-19)29(32)33/h4-11,13-14,16-17,30H,12,15H2,1-3H3. The van der Waals surface area contributed by atoms with E-state index in [1.165, 1.54) is 35.5 Å². The number of hydrogen-bond acceptors (Lipinski definition) is 7. The van der Waals surface area contributed by atoms with Gasteiger partial charge in [0, 0.05) is 29.9 Å². The number of nitrogens with zero attached hydrogens (tertiary/aromatic N) is 2. The Kier molecular flexibility index (Phi) is 7.21. The first-order valence-corrected chi connectivity index (χ1v) is 12.3. The topological polar surface area (TPSA) is 106 Å². The predicted octanol–water partition coefficient (Wildman–Crippen LogP) is 6.92. The number of thioether (sulfide) groups is 1. The van der Waals surface area contributed by atoms with Crippen LogP contribution in [0.2, 0.25) is 0 Å². The van der Waals surface area contributed by atoms with Crippen LogP contribution >= 0.6 is 11.8 Å². The third-order valence-electron chi connectivity index (χ3n) is 5.78. The molecule has 1 aromatic heterocycles. The van der Waals surface area contributed by atoms with Crippen molar-refractivity contribution in [2.75, 3.05) is 0 Å². The zero-order chi connectivity index (χ0) is 25.1. The SMILES string of the molecule is CC(C)Cc1ccc(C(C)C(=O)c2cc3nc(SCc4ccc([N+](=O)[O-])cc4)oc3cc2O)cc1. The number of hydrogen-bond donors (Lipinski definition) is 1. The van der Waals surface area contributed by atoms with Gasteiger partial charge < -0.3 is 9.52 Å². The van der Waals surface area contributed by atoms with Crippen LogP contribution in [0, 0.1) is 16.0 Å². The minimum Gasteiger partial charge on any atom is -0.507 e. The minimum absolute atomic E-state index is 0.0361. The van der Waals surface area contributed by atoms with Crippen molar-refractivity contribution in [1.29, 1.82) is 0 Å². The number of aromatic nitrogens is 1. The van der Waals surface area contributed by atoms with Gasteiger partial charge in [0.05, 0.1) is 10.5 Å². The van der Waals surface area contributed by atoms with Crippen LogP contribution in [0.1, 0.15) is 53.7 Å². The number of rotatable bonds is 9. The molecule has 3 aromatic carbocycles. The van der Waals surface area contributed by atoms with E-state index >= 15 is 0 Å². The van der Waals surface area contributed by atoms with Gasteiger partial charge in [0.15, 0.2) is 11.4 Å². The van der Waals surface area contributed by atoms with Crippen LogP contribution in [0.15, 0.2) is 70.3 Å². The third kappa shape index (κ3) is 5.71. The van der Waals surface area contributed by atoms with E-state index in [4.69, 9.17) is 4.42 Å². The molecule has 0 radical (unpaired) electrons. The second kappa shape index (κ2) is 10.3. The zero-order valence-electron chi connectivity index (χ0n) is 19.7. The maximum absolute atomic E-state index is 13.2. The van der Waals surface area contributed by atoms with E-state index in [1.54, 1.807) is 18.2 Å². The summed E-state index contributed by atoms with van der Waals surface area (Å²) in [7, 11) is 0. The number of non-ortho nitro benzene ring substituents is 1. The Hall–Kier alpha value is -3.65. The molecule has 0 aliphatic carbocycles. The number of benzene rings is 3. The summed E-state index contributed by atoms with van der Waals surface area (Å²) in [5.41, 5.74) is 4.11. The second-order valence-corrected chi connectivity index (χ2v) is 9.88. The first-order chi connectivity index (χ1) is 16.7. The molecule has 0 aliphatic rings. The number of carbonyl (C=O) groups excluding carboxylic acids is 1. The van der Waals surface area contributed by atoms with Gasteiger partial charge in [-0.1, -0.05) is 68.9 Å². The summed E-state index contributed by atoms with van der Waals surface area (Å²) >= 11 is 1.33. The molecule has 0 fully saturated rings. The van der Waals surface area contributed by atoms with E-state index in [2.05, 4.69) is 18.8 Å². The third-order valence-corrected chi connectivity index (χ3v) is 6.68. The largest absolute Gasteiger partial charge is 0.507 e. The fourth-order valence-corrected chi connectivity index (χ4v) is 4.65. The molecular weight excluding hydrogens is 464 g/mol. The molecule has 1 heterocycles. The van der Waals surface area contributed by atoms with E-state index in [1.807, 2.05) is 31.2 Å². The van der Waals surface area contributed by atoms with E-state index in [0.717, 1.165) is 17.5 Å². The fourth-order valence-electron chi connectivity index (χ4n) is 3.86. The molecule has 1 atom stereocenters. The number of carbonyl (C=O) groups is 1. The Bertz CT molecular complexity index is 1360. The number of phenolic OH excluding ortho intramolecular Hbond substituents is 1. The maximum Gasteiger partial charge on any atom is 0.269 e. The molecule has 4 rings (SSSR count). The molecule has 0 saturated carbocycles. The predicted molar refractivity (Wildman–Crippen MR) is 136 cm³/mol. The molecule has 0 bridgehead atoms. The number of nitro benzene ring substituents is 1. The number of fused-ring (bicyclic) bond motifs is 1. The quantitative estimate of drug-likeness (QED) is 0.117. The van der Waals surface area contributed by atoms with Crippen LogP contribution in [0.4, 0.5) is 5.69 Å². The Morgan fingerprint density at radius 1 is 1.06 bits per heavy atom. The van der Waals surface area contributed by atoms with Crippen molar-refractivity contribution in [1.82, 2.24) is 4.98 Å². The van der Waals surface area contributed by atoms with E-state index in [-0.39, 0.29) is 22.8 Å². The van der Waals surface area contributed by atoms with Crippen molar-refractivity contribution >= 4 is 34.3 Å². The lowest BCUT2D eigenvalue weighted by Gasteiger charge is -2.13. The van der Waals surface area contributed by atoms with Crippen LogP contribution in [0.5, 0.6) is 5.75 Å². The van der Waals surface area contributed by atoms with Crippen molar-refractivity contribution in [3.05, 3.63) is 93.0 Å². The molecule has 0 amide bonds. The summed E-state index contributed by atoms with van der Waals surface area (Å²) in [5.74, 6) is 0.308. The van der Waals surface area contributed by atoms with Crippen molar-refractivity contribution in [3.8, 4) is 5.75 Å². The molecule has 7 nitrogen and oxygen atoms in total. The number of phenols is 1. The first kappa shape index (κ1) is 24.5. The lowest BCUT2D eigenvalue weighted by Crippen LogP contribution is -2.10. The summed E-state index contributed by atoms with van der Waals surface area (Å²) in [4.78, 5) is 28.0. The van der Waals surface area contributed by atoms with E-state index < -0.39 is 10.8 Å². The number of oxazole rings is 1. The van der Waals surface area contributed by atoms with Crippen molar-refractivity contribution in [2.24, 2.45) is 5.92 Å². The summed E-state index contributed by atoms with van der Waals surface area (Å²) in [6.07, 6.45) is 0.983. The van der Waals surface area contributed by atoms with Crippen molar-refractivity contribution < 1.29 is 19.2 Å². The molecule has 8 heteroatoms. The summed E-state index contributed by atoms with van der Waals surface area (Å²) in [6, 6.07) is 17.3. The zero-order valence-corrected chi connectivity index (χ0v) is 20.5. The van der Waals surface area contributed by atoms with Crippen molar-refractivity contribution in [2.45, 2.75) is 44.1 Å². The van der Waals surface area contributed by atoms with Crippen LogP contribution in [0.25, 0.3) is 11.1 Å². The van der Waals surface area contributed by atoms with E-state index in [9.17, 15) is 20.0 Å². The Balaban J connectivity index is 1.49. The fraction of sp³-hybridized carbons (Fsp3) is 0.259. The van der Waals surface area contributed by atoms with Crippen LogP contribution in [-0.4, -0.2) is 20.8 Å². The number of nitro groups is 1. The highest BCUT2D eigenvalue weighted by atomic mass is 32.2. The highest BCUT2D eigenvalue weighted by molar-refractivity contribution is 7.98. The molecule has 0 spiro atoms. The van der Waals surface area contributed by atoms with Crippen LogP contribution in [0.3, 0.4) is 0 Å². The van der Waals surface area contributed by atoms with Gasteiger partial charge in [-0.05, 0) is 35.1 Å². The first-order valence-electron chi connectivity index (χ1n) is 11.3. The van der Waals surface area contributed by atoms with Gasteiger partial charge in [-0.2, -0.15) is 0 Å². The van der Waals surface area contributed by atoms with Gasteiger partial charge >= 0.3 is 0 Å². The Morgan fingerprint density at radius 2 is 1.71 bits per heavy atom. The smallest absolute Gasteiger partial charge is 0.269 e. The van der Waals surface area contributed by atoms with Gasteiger partial charge in [-0.15, -0.1) is 0 Å². The number of ketones is 1. The Labute approximate surface area is 207 Å². The normalized spacial score (nSPS) is 12.2. The molecule has 180 valence electrons. The van der Waals surface area contributed by atoms with Gasteiger partial charge in [0.25, 0.3) is 10.9 Å². The highest BCUT2D eigenvalue weighted by Gasteiger charge is 2.22. The summed E-state index contributed by atoms with van der Waals surface area (Å²) in [6.45, 7) is 6.17. The lowest BCUT2D eigenvalue weighted by molar-refractivity contribution is -0.384. The van der Waals surface area contributed by atoms with E-state index in [0.29, 0.717) is 28.0 Å². The van der Waals surface area contributed by atoms with Gasteiger partial charge in [0.1, 0.15) is 11.3 Å². The molecule has 35 heavy (non-hydrogen) atoms. The monoisotopic (exact) mass is 490 g/mol. The van der Waals surface area contributed by atoms with Crippen LogP contribution in [-0.2, 0) is 12.2 Å². The Morgan fingerprint density at radius 3 is 2.34 bits per heavy atom. The average molecular weight is 491 g/mol. The van der Waals surface area contributed by atoms with Gasteiger partial charge in [0.2, 0.25) is 0 Å².